The van der Waals surface area contributed by atoms with Crippen molar-refractivity contribution in [1.29, 1.82) is 0 Å². The Morgan fingerprint density at radius 1 is 1.43 bits per heavy atom. The lowest BCUT2D eigenvalue weighted by Gasteiger charge is -2.34. The molecule has 3 rings (SSSR count). The van der Waals surface area contributed by atoms with E-state index in [1.54, 1.807) is 11.3 Å². The zero-order chi connectivity index (χ0) is 14.7. The topological polar surface area (TPSA) is 33.2 Å². The van der Waals surface area contributed by atoms with Crippen LogP contribution in [0.15, 0.2) is 17.5 Å². The van der Waals surface area contributed by atoms with Gasteiger partial charge in [-0.15, -0.1) is 11.3 Å². The fourth-order valence-electron chi connectivity index (χ4n) is 3.33. The van der Waals surface area contributed by atoms with E-state index < -0.39 is 0 Å². The Bertz CT molecular complexity index is 523. The number of carbonyl (C=O) groups is 1. The summed E-state index contributed by atoms with van der Waals surface area (Å²) in [7, 11) is 0. The second-order valence-electron chi connectivity index (χ2n) is 6.14. The van der Waals surface area contributed by atoms with Crippen LogP contribution in [0, 0.1) is 5.92 Å². The number of allylic oxidation sites excluding steroid dienone is 2. The average molecular weight is 304 g/mol. The number of likely N-dealkylation sites (tertiary alicyclic amines) is 1. The minimum atomic E-state index is 0.219. The molecule has 2 unspecified atom stereocenters. The zero-order valence-corrected chi connectivity index (χ0v) is 13.6. The minimum Gasteiger partial charge on any atom is -0.342 e. The van der Waals surface area contributed by atoms with Crippen molar-refractivity contribution in [3.8, 4) is 0 Å². The maximum atomic E-state index is 12.7. The van der Waals surface area contributed by atoms with Crippen molar-refractivity contribution in [3.05, 3.63) is 28.2 Å². The molecule has 0 radical (unpaired) electrons. The molecule has 1 aliphatic carbocycles. The van der Waals surface area contributed by atoms with Crippen LogP contribution in [0.4, 0.5) is 0 Å². The van der Waals surface area contributed by atoms with Crippen LogP contribution in [-0.4, -0.2) is 28.9 Å². The van der Waals surface area contributed by atoms with Gasteiger partial charge in [0, 0.05) is 30.3 Å². The maximum Gasteiger partial charge on any atom is 0.226 e. The third-order valence-electron chi connectivity index (χ3n) is 4.63. The first-order chi connectivity index (χ1) is 10.3. The molecule has 2 atom stereocenters. The van der Waals surface area contributed by atoms with Crippen molar-refractivity contribution >= 4 is 17.2 Å². The number of aryl methyl sites for hydroxylation is 1. The SMILES string of the molecule is CCc1csc(C2CCCN(C(=O)C3CC=CCC3)C2)n1. The summed E-state index contributed by atoms with van der Waals surface area (Å²) in [5.41, 5.74) is 1.19. The van der Waals surface area contributed by atoms with Gasteiger partial charge in [0.1, 0.15) is 0 Å². The number of nitrogens with zero attached hydrogens (tertiary/aromatic N) is 2. The molecule has 2 heterocycles. The molecule has 1 fully saturated rings. The average Bonchev–Trinajstić information content (AvgIpc) is 3.04. The lowest BCUT2D eigenvalue weighted by atomic mass is 9.91. The van der Waals surface area contributed by atoms with Crippen molar-refractivity contribution in [2.24, 2.45) is 5.92 Å². The number of rotatable bonds is 3. The van der Waals surface area contributed by atoms with E-state index in [2.05, 4.69) is 29.4 Å². The third kappa shape index (κ3) is 3.37. The molecular weight excluding hydrogens is 280 g/mol. The fraction of sp³-hybridized carbons (Fsp3) is 0.647. The predicted octanol–water partition coefficient (Wildman–Crippen LogP) is 3.77. The molecule has 1 saturated heterocycles. The van der Waals surface area contributed by atoms with Gasteiger partial charge in [-0.2, -0.15) is 0 Å². The smallest absolute Gasteiger partial charge is 0.226 e. The molecule has 114 valence electrons. The molecule has 1 aromatic rings. The van der Waals surface area contributed by atoms with E-state index in [0.717, 1.165) is 45.2 Å². The first-order valence-electron chi connectivity index (χ1n) is 8.16. The van der Waals surface area contributed by atoms with Crippen LogP contribution in [0.3, 0.4) is 0 Å². The molecule has 1 aliphatic heterocycles. The van der Waals surface area contributed by atoms with E-state index in [9.17, 15) is 4.79 Å². The summed E-state index contributed by atoms with van der Waals surface area (Å²) in [6.45, 7) is 3.95. The standard InChI is InChI=1S/C17H24N2OS/c1-2-15-12-21-16(18-15)14-9-6-10-19(11-14)17(20)13-7-4-3-5-8-13/h3-4,12-14H,2,5-11H2,1H3. The van der Waals surface area contributed by atoms with Gasteiger partial charge in [-0.05, 0) is 38.5 Å². The molecule has 21 heavy (non-hydrogen) atoms. The Morgan fingerprint density at radius 2 is 2.33 bits per heavy atom. The molecule has 0 saturated carbocycles. The van der Waals surface area contributed by atoms with Gasteiger partial charge in [-0.1, -0.05) is 19.1 Å². The zero-order valence-electron chi connectivity index (χ0n) is 12.8. The maximum absolute atomic E-state index is 12.7. The van der Waals surface area contributed by atoms with E-state index in [1.165, 1.54) is 17.1 Å². The van der Waals surface area contributed by atoms with Crippen LogP contribution in [-0.2, 0) is 11.2 Å². The van der Waals surface area contributed by atoms with Gasteiger partial charge in [-0.3, -0.25) is 4.79 Å². The highest BCUT2D eigenvalue weighted by Gasteiger charge is 2.30. The van der Waals surface area contributed by atoms with Crippen molar-refractivity contribution in [1.82, 2.24) is 9.88 Å². The van der Waals surface area contributed by atoms with Gasteiger partial charge in [0.25, 0.3) is 0 Å². The molecule has 4 heteroatoms. The fourth-order valence-corrected chi connectivity index (χ4v) is 4.36. The van der Waals surface area contributed by atoms with E-state index in [-0.39, 0.29) is 5.92 Å². The van der Waals surface area contributed by atoms with Gasteiger partial charge in [0.15, 0.2) is 0 Å². The lowest BCUT2D eigenvalue weighted by molar-refractivity contribution is -0.137. The van der Waals surface area contributed by atoms with Gasteiger partial charge in [0.2, 0.25) is 5.91 Å². The van der Waals surface area contributed by atoms with Crippen molar-refractivity contribution in [3.63, 3.8) is 0 Å². The van der Waals surface area contributed by atoms with Gasteiger partial charge in [0.05, 0.1) is 10.7 Å². The molecule has 0 aromatic carbocycles. The summed E-state index contributed by atoms with van der Waals surface area (Å²) in [6.07, 6.45) is 10.7. The summed E-state index contributed by atoms with van der Waals surface area (Å²) in [5, 5.41) is 3.40. The summed E-state index contributed by atoms with van der Waals surface area (Å²) >= 11 is 1.77. The van der Waals surface area contributed by atoms with Crippen molar-refractivity contribution in [2.45, 2.75) is 51.4 Å². The number of hydrogen-bond donors (Lipinski definition) is 0. The number of hydrogen-bond acceptors (Lipinski definition) is 3. The predicted molar refractivity (Wildman–Crippen MR) is 86.5 cm³/mol. The first-order valence-corrected chi connectivity index (χ1v) is 9.04. The summed E-state index contributed by atoms with van der Waals surface area (Å²) < 4.78 is 0. The lowest BCUT2D eigenvalue weighted by Crippen LogP contribution is -2.42. The number of piperidine rings is 1. The summed E-state index contributed by atoms with van der Waals surface area (Å²) in [5.74, 6) is 1.04. The number of carbonyl (C=O) groups excluding carboxylic acids is 1. The highest BCUT2D eigenvalue weighted by Crippen LogP contribution is 2.31. The summed E-state index contributed by atoms with van der Waals surface area (Å²) in [4.78, 5) is 19.5. The Labute approximate surface area is 131 Å². The van der Waals surface area contributed by atoms with Crippen molar-refractivity contribution in [2.75, 3.05) is 13.1 Å². The van der Waals surface area contributed by atoms with Crippen LogP contribution < -0.4 is 0 Å². The van der Waals surface area contributed by atoms with Crippen LogP contribution in [0.5, 0.6) is 0 Å². The van der Waals surface area contributed by atoms with Gasteiger partial charge >= 0.3 is 0 Å². The van der Waals surface area contributed by atoms with E-state index in [4.69, 9.17) is 4.98 Å². The van der Waals surface area contributed by atoms with Crippen LogP contribution in [0.2, 0.25) is 0 Å². The normalized spacial score (nSPS) is 26.0. The first kappa shape index (κ1) is 14.8. The molecule has 2 aliphatic rings. The Hall–Kier alpha value is -1.16. The highest BCUT2D eigenvalue weighted by molar-refractivity contribution is 7.09. The molecule has 1 amide bonds. The number of aromatic nitrogens is 1. The van der Waals surface area contributed by atoms with Crippen LogP contribution in [0.1, 0.15) is 55.6 Å². The largest absolute Gasteiger partial charge is 0.342 e. The third-order valence-corrected chi connectivity index (χ3v) is 5.69. The minimum absolute atomic E-state index is 0.219. The molecule has 1 aromatic heterocycles. The van der Waals surface area contributed by atoms with Crippen LogP contribution >= 0.6 is 11.3 Å². The van der Waals surface area contributed by atoms with E-state index in [1.807, 2.05) is 0 Å². The van der Waals surface area contributed by atoms with Gasteiger partial charge < -0.3 is 4.90 Å². The molecule has 0 bridgehead atoms. The number of amides is 1. The molecular formula is C17H24N2OS. The molecule has 0 spiro atoms. The monoisotopic (exact) mass is 304 g/mol. The molecule has 3 nitrogen and oxygen atoms in total. The quantitative estimate of drug-likeness (QED) is 0.796. The Morgan fingerprint density at radius 3 is 3.05 bits per heavy atom. The van der Waals surface area contributed by atoms with Crippen LogP contribution in [0.25, 0.3) is 0 Å². The van der Waals surface area contributed by atoms with Gasteiger partial charge in [-0.25, -0.2) is 4.98 Å². The second-order valence-corrected chi connectivity index (χ2v) is 7.03. The second kappa shape index (κ2) is 6.73. The highest BCUT2D eigenvalue weighted by atomic mass is 32.1. The number of thiazole rings is 1. The summed E-state index contributed by atoms with van der Waals surface area (Å²) in [6, 6.07) is 0. The molecule has 0 N–H and O–H groups in total. The van der Waals surface area contributed by atoms with E-state index in [0.29, 0.717) is 11.8 Å². The van der Waals surface area contributed by atoms with Crippen molar-refractivity contribution < 1.29 is 4.79 Å². The van der Waals surface area contributed by atoms with E-state index >= 15 is 0 Å². The Kier molecular flexibility index (Phi) is 4.73. The Balaban J connectivity index is 1.64.